The van der Waals surface area contributed by atoms with Crippen LogP contribution in [0.1, 0.15) is 11.4 Å². The molecule has 98 valence electrons. The van der Waals surface area contributed by atoms with Crippen LogP contribution in [-0.2, 0) is 4.74 Å². The molecule has 5 nitrogen and oxygen atoms in total. The SMILES string of the molecule is COCCCNc1snc(N)c1-c1csc(C)n1. The van der Waals surface area contributed by atoms with Gasteiger partial charge < -0.3 is 15.8 Å². The van der Waals surface area contributed by atoms with Crippen molar-refractivity contribution in [2.75, 3.05) is 31.3 Å². The molecule has 0 aromatic carbocycles. The van der Waals surface area contributed by atoms with Crippen molar-refractivity contribution >= 4 is 33.7 Å². The first kappa shape index (κ1) is 13.3. The number of hydrogen-bond acceptors (Lipinski definition) is 7. The Kier molecular flexibility index (Phi) is 4.51. The molecule has 0 aliphatic heterocycles. The minimum absolute atomic E-state index is 0.541. The van der Waals surface area contributed by atoms with Crippen LogP contribution >= 0.6 is 22.9 Å². The Labute approximate surface area is 114 Å². The van der Waals surface area contributed by atoms with Gasteiger partial charge >= 0.3 is 0 Å². The highest BCUT2D eigenvalue weighted by Gasteiger charge is 2.15. The van der Waals surface area contributed by atoms with E-state index < -0.39 is 0 Å². The summed E-state index contributed by atoms with van der Waals surface area (Å²) in [5.74, 6) is 0.541. The normalized spacial score (nSPS) is 10.8. The van der Waals surface area contributed by atoms with E-state index >= 15 is 0 Å². The van der Waals surface area contributed by atoms with Crippen LogP contribution in [0.2, 0.25) is 0 Å². The second-order valence-corrected chi connectivity index (χ2v) is 5.63. The molecule has 2 rings (SSSR count). The lowest BCUT2D eigenvalue weighted by atomic mass is 10.2. The fraction of sp³-hybridized carbons (Fsp3) is 0.455. The van der Waals surface area contributed by atoms with Crippen LogP contribution in [0.25, 0.3) is 11.3 Å². The number of aryl methyl sites for hydroxylation is 1. The van der Waals surface area contributed by atoms with Crippen molar-refractivity contribution in [1.82, 2.24) is 9.36 Å². The smallest absolute Gasteiger partial charge is 0.148 e. The number of rotatable bonds is 6. The van der Waals surface area contributed by atoms with Crippen molar-refractivity contribution in [3.8, 4) is 11.3 Å². The maximum Gasteiger partial charge on any atom is 0.148 e. The molecule has 7 heteroatoms. The van der Waals surface area contributed by atoms with Crippen LogP contribution in [0.4, 0.5) is 10.8 Å². The third-order valence-electron chi connectivity index (χ3n) is 2.40. The van der Waals surface area contributed by atoms with Crippen molar-refractivity contribution in [3.63, 3.8) is 0 Å². The van der Waals surface area contributed by atoms with Gasteiger partial charge in [-0.1, -0.05) is 0 Å². The number of nitrogen functional groups attached to an aromatic ring is 1. The second kappa shape index (κ2) is 6.12. The summed E-state index contributed by atoms with van der Waals surface area (Å²) in [6.07, 6.45) is 0.948. The number of nitrogens with one attached hydrogen (secondary N) is 1. The molecule has 2 aromatic rings. The minimum Gasteiger partial charge on any atom is -0.385 e. The molecule has 0 bridgehead atoms. The summed E-state index contributed by atoms with van der Waals surface area (Å²) in [6.45, 7) is 3.56. The molecule has 2 heterocycles. The van der Waals surface area contributed by atoms with Gasteiger partial charge in [0.05, 0.1) is 16.3 Å². The van der Waals surface area contributed by atoms with E-state index in [1.165, 1.54) is 11.5 Å². The highest BCUT2D eigenvalue weighted by atomic mass is 32.1. The number of thiazole rings is 1. The van der Waals surface area contributed by atoms with Crippen molar-refractivity contribution in [2.45, 2.75) is 13.3 Å². The quantitative estimate of drug-likeness (QED) is 0.798. The fourth-order valence-corrected chi connectivity index (χ4v) is 2.92. The van der Waals surface area contributed by atoms with Gasteiger partial charge in [0.2, 0.25) is 0 Å². The third-order valence-corrected chi connectivity index (χ3v) is 4.00. The summed E-state index contributed by atoms with van der Waals surface area (Å²) in [7, 11) is 1.70. The first-order chi connectivity index (χ1) is 8.72. The van der Waals surface area contributed by atoms with Crippen LogP contribution < -0.4 is 11.1 Å². The zero-order valence-electron chi connectivity index (χ0n) is 10.4. The molecule has 2 aromatic heterocycles. The predicted octanol–water partition coefficient (Wildman–Crippen LogP) is 2.61. The molecular weight excluding hydrogens is 268 g/mol. The predicted molar refractivity (Wildman–Crippen MR) is 77.4 cm³/mol. The van der Waals surface area contributed by atoms with Crippen molar-refractivity contribution in [1.29, 1.82) is 0 Å². The Balaban J connectivity index is 2.12. The molecule has 0 fully saturated rings. The zero-order chi connectivity index (χ0) is 13.0. The molecule has 0 saturated carbocycles. The monoisotopic (exact) mass is 284 g/mol. The molecular formula is C11H16N4OS2. The fourth-order valence-electron chi connectivity index (χ4n) is 1.57. The molecule has 0 saturated heterocycles. The Morgan fingerprint density at radius 3 is 3.00 bits per heavy atom. The van der Waals surface area contributed by atoms with E-state index in [1.54, 1.807) is 18.4 Å². The highest BCUT2D eigenvalue weighted by Crippen LogP contribution is 2.36. The van der Waals surface area contributed by atoms with Crippen LogP contribution in [0, 0.1) is 6.92 Å². The van der Waals surface area contributed by atoms with E-state index in [4.69, 9.17) is 10.5 Å². The maximum absolute atomic E-state index is 5.91. The average Bonchev–Trinajstić information content (AvgIpc) is 2.91. The number of nitrogens with zero attached hydrogens (tertiary/aromatic N) is 2. The van der Waals surface area contributed by atoms with Gasteiger partial charge in [0, 0.05) is 25.6 Å². The standard InChI is InChI=1S/C11H16N4OS2/c1-7-14-8(6-17-7)9-10(12)15-18-11(9)13-4-3-5-16-2/h6,13H,3-5H2,1-2H3,(H2,12,15). The number of ether oxygens (including phenoxy) is 1. The van der Waals surface area contributed by atoms with Gasteiger partial charge in [-0.2, -0.15) is 4.37 Å². The molecule has 18 heavy (non-hydrogen) atoms. The van der Waals surface area contributed by atoms with Gasteiger partial charge in [0.15, 0.2) is 0 Å². The van der Waals surface area contributed by atoms with Gasteiger partial charge in [0.25, 0.3) is 0 Å². The molecule has 0 spiro atoms. The van der Waals surface area contributed by atoms with E-state index in [1.807, 2.05) is 12.3 Å². The molecule has 0 aliphatic rings. The number of methoxy groups -OCH3 is 1. The van der Waals surface area contributed by atoms with Crippen LogP contribution in [-0.4, -0.2) is 29.6 Å². The Morgan fingerprint density at radius 1 is 1.50 bits per heavy atom. The van der Waals surface area contributed by atoms with Gasteiger partial charge in [0.1, 0.15) is 10.8 Å². The Morgan fingerprint density at radius 2 is 2.33 bits per heavy atom. The summed E-state index contributed by atoms with van der Waals surface area (Å²) < 4.78 is 9.21. The molecule has 0 atom stereocenters. The molecule has 3 N–H and O–H groups in total. The van der Waals surface area contributed by atoms with Crippen molar-refractivity contribution < 1.29 is 4.74 Å². The van der Waals surface area contributed by atoms with E-state index in [-0.39, 0.29) is 0 Å². The minimum atomic E-state index is 0.541. The number of anilines is 2. The lowest BCUT2D eigenvalue weighted by Gasteiger charge is -2.05. The Bertz CT molecular complexity index is 509. The van der Waals surface area contributed by atoms with E-state index in [9.17, 15) is 0 Å². The van der Waals surface area contributed by atoms with Crippen LogP contribution in [0.15, 0.2) is 5.38 Å². The van der Waals surface area contributed by atoms with Crippen molar-refractivity contribution in [2.24, 2.45) is 0 Å². The van der Waals surface area contributed by atoms with E-state index in [0.29, 0.717) is 5.82 Å². The zero-order valence-corrected chi connectivity index (χ0v) is 12.0. The number of hydrogen-bond donors (Lipinski definition) is 2. The van der Waals surface area contributed by atoms with E-state index in [2.05, 4.69) is 14.7 Å². The average molecular weight is 284 g/mol. The van der Waals surface area contributed by atoms with Crippen LogP contribution in [0.3, 0.4) is 0 Å². The summed E-state index contributed by atoms with van der Waals surface area (Å²) in [5, 5.41) is 7.36. The molecule has 0 radical (unpaired) electrons. The number of nitrogens with two attached hydrogens (primary N) is 1. The lowest BCUT2D eigenvalue weighted by molar-refractivity contribution is 0.198. The summed E-state index contributed by atoms with van der Waals surface area (Å²) in [4.78, 5) is 4.46. The van der Waals surface area contributed by atoms with E-state index in [0.717, 1.165) is 40.8 Å². The summed E-state index contributed by atoms with van der Waals surface area (Å²) in [6, 6.07) is 0. The molecule has 0 unspecified atom stereocenters. The largest absolute Gasteiger partial charge is 0.385 e. The summed E-state index contributed by atoms with van der Waals surface area (Å²) in [5.41, 5.74) is 7.73. The third kappa shape index (κ3) is 2.98. The molecule has 0 amide bonds. The molecule has 0 aliphatic carbocycles. The van der Waals surface area contributed by atoms with Crippen molar-refractivity contribution in [3.05, 3.63) is 10.4 Å². The number of aromatic nitrogens is 2. The van der Waals surface area contributed by atoms with Gasteiger partial charge in [-0.15, -0.1) is 11.3 Å². The summed E-state index contributed by atoms with van der Waals surface area (Å²) >= 11 is 2.99. The maximum atomic E-state index is 5.91. The first-order valence-corrected chi connectivity index (χ1v) is 7.28. The highest BCUT2D eigenvalue weighted by molar-refractivity contribution is 7.11. The topological polar surface area (TPSA) is 73.1 Å². The van der Waals surface area contributed by atoms with Gasteiger partial charge in [-0.05, 0) is 24.9 Å². The van der Waals surface area contributed by atoms with Gasteiger partial charge in [-0.3, -0.25) is 0 Å². The Hall–Kier alpha value is -1.18. The first-order valence-electron chi connectivity index (χ1n) is 5.63. The lowest BCUT2D eigenvalue weighted by Crippen LogP contribution is -2.04. The second-order valence-electron chi connectivity index (χ2n) is 3.80. The van der Waals surface area contributed by atoms with Gasteiger partial charge in [-0.25, -0.2) is 4.98 Å². The van der Waals surface area contributed by atoms with Crippen LogP contribution in [0.5, 0.6) is 0 Å².